The summed E-state index contributed by atoms with van der Waals surface area (Å²) in [7, 11) is 0. The summed E-state index contributed by atoms with van der Waals surface area (Å²) >= 11 is 0. The number of amides is 1. The van der Waals surface area contributed by atoms with Crippen molar-refractivity contribution in [3.63, 3.8) is 0 Å². The summed E-state index contributed by atoms with van der Waals surface area (Å²) in [5.74, 6) is 1.72. The number of hydrogen-bond acceptors (Lipinski definition) is 5. The summed E-state index contributed by atoms with van der Waals surface area (Å²) < 4.78 is 11.1. The van der Waals surface area contributed by atoms with Gasteiger partial charge in [0, 0.05) is 31.1 Å². The Bertz CT molecular complexity index is 704. The topological polar surface area (TPSA) is 68.5 Å². The van der Waals surface area contributed by atoms with Gasteiger partial charge in [-0.25, -0.2) is 0 Å². The number of aromatic nitrogens is 2. The van der Waals surface area contributed by atoms with Crippen LogP contribution in [0.1, 0.15) is 44.2 Å². The van der Waals surface area contributed by atoms with Gasteiger partial charge in [0.2, 0.25) is 5.91 Å². The molecule has 0 bridgehead atoms. The van der Waals surface area contributed by atoms with E-state index in [0.717, 1.165) is 17.0 Å². The molecule has 1 amide bonds. The SMILES string of the molecule is CC(C)(C)CC(=O)N1CCc2onc(COc3cccnc3)c2C1. The highest BCUT2D eigenvalue weighted by Crippen LogP contribution is 2.26. The van der Waals surface area contributed by atoms with Crippen molar-refractivity contribution >= 4 is 5.91 Å². The zero-order valence-corrected chi connectivity index (χ0v) is 14.4. The molecule has 2 aromatic heterocycles. The molecule has 0 radical (unpaired) electrons. The van der Waals surface area contributed by atoms with Gasteiger partial charge >= 0.3 is 0 Å². The molecular formula is C18H23N3O3. The smallest absolute Gasteiger partial charge is 0.223 e. The summed E-state index contributed by atoms with van der Waals surface area (Å²) in [6.45, 7) is 7.76. The second kappa shape index (κ2) is 6.63. The van der Waals surface area contributed by atoms with E-state index < -0.39 is 0 Å². The van der Waals surface area contributed by atoms with Crippen LogP contribution in [0.15, 0.2) is 29.0 Å². The fourth-order valence-corrected chi connectivity index (χ4v) is 2.74. The zero-order chi connectivity index (χ0) is 17.2. The summed E-state index contributed by atoms with van der Waals surface area (Å²) in [6.07, 6.45) is 4.59. The van der Waals surface area contributed by atoms with Crippen molar-refractivity contribution in [1.29, 1.82) is 0 Å². The first-order chi connectivity index (χ1) is 11.4. The lowest BCUT2D eigenvalue weighted by Gasteiger charge is -2.29. The molecule has 2 aromatic rings. The first-order valence-corrected chi connectivity index (χ1v) is 8.19. The Labute approximate surface area is 141 Å². The van der Waals surface area contributed by atoms with Gasteiger partial charge in [-0.3, -0.25) is 9.78 Å². The standard InChI is InChI=1S/C18H23N3O3/c1-18(2,3)9-17(22)21-8-6-16-14(11-21)15(20-24-16)12-23-13-5-4-7-19-10-13/h4-5,7,10H,6,8-9,11-12H2,1-3H3. The Morgan fingerprint density at radius 3 is 2.96 bits per heavy atom. The molecule has 0 unspecified atom stereocenters. The van der Waals surface area contributed by atoms with Gasteiger partial charge in [0.05, 0.1) is 12.7 Å². The third-order valence-corrected chi connectivity index (χ3v) is 3.95. The van der Waals surface area contributed by atoms with Crippen LogP contribution < -0.4 is 4.74 Å². The van der Waals surface area contributed by atoms with Crippen LogP contribution in [0.2, 0.25) is 0 Å². The van der Waals surface area contributed by atoms with Gasteiger partial charge < -0.3 is 14.2 Å². The molecule has 0 aliphatic carbocycles. The van der Waals surface area contributed by atoms with Gasteiger partial charge in [-0.2, -0.15) is 0 Å². The van der Waals surface area contributed by atoms with E-state index in [1.807, 2.05) is 17.0 Å². The second-order valence-corrected chi connectivity index (χ2v) is 7.31. The van der Waals surface area contributed by atoms with Crippen LogP contribution in [0.25, 0.3) is 0 Å². The quantitative estimate of drug-likeness (QED) is 0.862. The van der Waals surface area contributed by atoms with Crippen LogP contribution in [0.5, 0.6) is 5.75 Å². The van der Waals surface area contributed by atoms with Crippen molar-refractivity contribution in [2.45, 2.75) is 46.8 Å². The predicted molar refractivity (Wildman–Crippen MR) is 88.3 cm³/mol. The molecule has 0 fully saturated rings. The van der Waals surface area contributed by atoms with Crippen molar-refractivity contribution in [3.05, 3.63) is 41.5 Å². The first-order valence-electron chi connectivity index (χ1n) is 8.19. The fourth-order valence-electron chi connectivity index (χ4n) is 2.74. The molecule has 6 nitrogen and oxygen atoms in total. The molecule has 128 valence electrons. The van der Waals surface area contributed by atoms with Crippen LogP contribution in [0, 0.1) is 5.41 Å². The molecule has 6 heteroatoms. The number of hydrogen-bond donors (Lipinski definition) is 0. The van der Waals surface area contributed by atoms with Crippen molar-refractivity contribution in [1.82, 2.24) is 15.0 Å². The summed E-state index contributed by atoms with van der Waals surface area (Å²) in [5, 5.41) is 4.12. The molecule has 1 aliphatic rings. The van der Waals surface area contributed by atoms with Crippen molar-refractivity contribution < 1.29 is 14.1 Å². The molecule has 0 N–H and O–H groups in total. The Morgan fingerprint density at radius 2 is 2.25 bits per heavy atom. The third kappa shape index (κ3) is 3.93. The largest absolute Gasteiger partial charge is 0.486 e. The Balaban J connectivity index is 1.67. The number of carbonyl (C=O) groups is 1. The van der Waals surface area contributed by atoms with E-state index in [4.69, 9.17) is 9.26 Å². The van der Waals surface area contributed by atoms with Gasteiger partial charge in [-0.15, -0.1) is 0 Å². The van der Waals surface area contributed by atoms with Crippen LogP contribution in [-0.4, -0.2) is 27.5 Å². The average Bonchev–Trinajstić information content (AvgIpc) is 2.94. The van der Waals surface area contributed by atoms with Gasteiger partial charge in [0.25, 0.3) is 0 Å². The first kappa shape index (κ1) is 16.5. The molecule has 3 rings (SSSR count). The maximum atomic E-state index is 12.5. The van der Waals surface area contributed by atoms with Gasteiger partial charge in [0.1, 0.15) is 23.8 Å². The minimum Gasteiger partial charge on any atom is -0.486 e. The molecule has 3 heterocycles. The molecule has 0 saturated heterocycles. The van der Waals surface area contributed by atoms with E-state index in [2.05, 4.69) is 30.9 Å². The molecule has 0 atom stereocenters. The number of pyridine rings is 1. The lowest BCUT2D eigenvalue weighted by atomic mass is 9.91. The van der Waals surface area contributed by atoms with Crippen molar-refractivity contribution in [3.8, 4) is 5.75 Å². The lowest BCUT2D eigenvalue weighted by molar-refractivity contribution is -0.134. The maximum absolute atomic E-state index is 12.5. The lowest BCUT2D eigenvalue weighted by Crippen LogP contribution is -2.37. The minimum atomic E-state index is -0.0156. The van der Waals surface area contributed by atoms with Crippen LogP contribution in [0.3, 0.4) is 0 Å². The van der Waals surface area contributed by atoms with E-state index >= 15 is 0 Å². The fraction of sp³-hybridized carbons (Fsp3) is 0.500. The van der Waals surface area contributed by atoms with E-state index in [1.165, 1.54) is 0 Å². The highest BCUT2D eigenvalue weighted by molar-refractivity contribution is 5.77. The zero-order valence-electron chi connectivity index (χ0n) is 14.4. The second-order valence-electron chi connectivity index (χ2n) is 7.31. The van der Waals surface area contributed by atoms with Gasteiger partial charge in [-0.1, -0.05) is 25.9 Å². The van der Waals surface area contributed by atoms with Crippen LogP contribution in [-0.2, 0) is 24.4 Å². The van der Waals surface area contributed by atoms with Gasteiger partial charge in [-0.05, 0) is 17.5 Å². The minimum absolute atomic E-state index is 0.0156. The summed E-state index contributed by atoms with van der Waals surface area (Å²) in [6, 6.07) is 3.67. The molecular weight excluding hydrogens is 306 g/mol. The molecule has 0 spiro atoms. The number of nitrogens with zero attached hydrogens (tertiary/aromatic N) is 3. The van der Waals surface area contributed by atoms with E-state index in [-0.39, 0.29) is 11.3 Å². The Morgan fingerprint density at radius 1 is 1.42 bits per heavy atom. The Hall–Kier alpha value is -2.37. The number of ether oxygens (including phenoxy) is 1. The third-order valence-electron chi connectivity index (χ3n) is 3.95. The van der Waals surface area contributed by atoms with Crippen LogP contribution >= 0.6 is 0 Å². The predicted octanol–water partition coefficient (Wildman–Crippen LogP) is 2.97. The normalized spacial score (nSPS) is 14.4. The molecule has 0 saturated carbocycles. The van der Waals surface area contributed by atoms with E-state index in [1.54, 1.807) is 12.4 Å². The Kier molecular flexibility index (Phi) is 4.55. The molecule has 24 heavy (non-hydrogen) atoms. The van der Waals surface area contributed by atoms with Crippen LogP contribution in [0.4, 0.5) is 0 Å². The average molecular weight is 329 g/mol. The number of fused-ring (bicyclic) bond motifs is 1. The van der Waals surface area contributed by atoms with E-state index in [0.29, 0.717) is 38.3 Å². The molecule has 1 aliphatic heterocycles. The highest BCUT2D eigenvalue weighted by Gasteiger charge is 2.29. The monoisotopic (exact) mass is 329 g/mol. The number of rotatable bonds is 4. The van der Waals surface area contributed by atoms with Crippen molar-refractivity contribution in [2.24, 2.45) is 5.41 Å². The summed E-state index contributed by atoms with van der Waals surface area (Å²) in [4.78, 5) is 18.4. The molecule has 0 aromatic carbocycles. The van der Waals surface area contributed by atoms with Gasteiger partial charge in [0.15, 0.2) is 0 Å². The number of carbonyl (C=O) groups excluding carboxylic acids is 1. The van der Waals surface area contributed by atoms with E-state index in [9.17, 15) is 4.79 Å². The highest BCUT2D eigenvalue weighted by atomic mass is 16.5. The summed E-state index contributed by atoms with van der Waals surface area (Å²) in [5.41, 5.74) is 1.72. The van der Waals surface area contributed by atoms with Crippen molar-refractivity contribution in [2.75, 3.05) is 6.54 Å². The maximum Gasteiger partial charge on any atom is 0.223 e.